The summed E-state index contributed by atoms with van der Waals surface area (Å²) in [4.78, 5) is 2.20. The number of aliphatic hydroxyl groups is 1. The van der Waals surface area contributed by atoms with Gasteiger partial charge < -0.3 is 9.84 Å². The number of rotatable bonds is 2. The number of nitrogens with zero attached hydrogens (tertiary/aromatic N) is 1. The fourth-order valence-corrected chi connectivity index (χ4v) is 0.966. The lowest BCUT2D eigenvalue weighted by molar-refractivity contribution is 0.0306. The Morgan fingerprint density at radius 3 is 2.00 bits per heavy atom. The van der Waals surface area contributed by atoms with Crippen LogP contribution in [-0.2, 0) is 15.1 Å². The Morgan fingerprint density at radius 1 is 1.21 bits per heavy atom. The predicted molar refractivity (Wildman–Crippen MR) is 48.5 cm³/mol. The van der Waals surface area contributed by atoms with Crippen molar-refractivity contribution in [3.63, 3.8) is 0 Å². The highest BCUT2D eigenvalue weighted by atomic mass is 32.3. The number of ether oxygens (including phenoxy) is 1. The van der Waals surface area contributed by atoms with E-state index in [1.165, 1.54) is 0 Å². The molecule has 0 spiro atoms. The van der Waals surface area contributed by atoms with E-state index in [0.29, 0.717) is 0 Å². The van der Waals surface area contributed by atoms with Crippen LogP contribution in [0.2, 0.25) is 0 Å². The van der Waals surface area contributed by atoms with Crippen molar-refractivity contribution in [3.05, 3.63) is 0 Å². The number of morpholine rings is 1. The average Bonchev–Trinajstić information content (AvgIpc) is 2.03. The van der Waals surface area contributed by atoms with Gasteiger partial charge in [0.05, 0.1) is 19.8 Å². The van der Waals surface area contributed by atoms with Crippen LogP contribution in [-0.4, -0.2) is 67.0 Å². The molecule has 3 N–H and O–H groups in total. The van der Waals surface area contributed by atoms with E-state index in [1.54, 1.807) is 0 Å². The van der Waals surface area contributed by atoms with Crippen LogP contribution in [0.15, 0.2) is 0 Å². The highest BCUT2D eigenvalue weighted by molar-refractivity contribution is 7.79. The van der Waals surface area contributed by atoms with Gasteiger partial charge in [-0.3, -0.25) is 14.0 Å². The van der Waals surface area contributed by atoms with Crippen LogP contribution in [0.5, 0.6) is 0 Å². The van der Waals surface area contributed by atoms with Gasteiger partial charge in [0.2, 0.25) is 0 Å². The van der Waals surface area contributed by atoms with Crippen LogP contribution in [0.1, 0.15) is 0 Å². The zero-order valence-electron chi connectivity index (χ0n) is 7.66. The maximum absolute atomic E-state index is 8.74. The van der Waals surface area contributed by atoms with Gasteiger partial charge in [0.15, 0.2) is 0 Å². The van der Waals surface area contributed by atoms with Gasteiger partial charge in [-0.1, -0.05) is 0 Å². The fourth-order valence-electron chi connectivity index (χ4n) is 0.966. The Balaban J connectivity index is 0.000000292. The van der Waals surface area contributed by atoms with E-state index in [9.17, 15) is 0 Å². The summed E-state index contributed by atoms with van der Waals surface area (Å²) in [7, 11) is -4.67. The molecule has 8 heteroatoms. The first-order valence-electron chi connectivity index (χ1n) is 4.04. The Bertz CT molecular complexity index is 212. The van der Waals surface area contributed by atoms with Crippen molar-refractivity contribution in [1.29, 1.82) is 0 Å². The first kappa shape index (κ1) is 13.8. The van der Waals surface area contributed by atoms with Crippen molar-refractivity contribution in [2.45, 2.75) is 0 Å². The second-order valence-corrected chi connectivity index (χ2v) is 3.52. The molecule has 0 amide bonds. The quantitative estimate of drug-likeness (QED) is 0.503. The summed E-state index contributed by atoms with van der Waals surface area (Å²) < 4.78 is 36.7. The van der Waals surface area contributed by atoms with Gasteiger partial charge in [0.25, 0.3) is 0 Å². The predicted octanol–water partition coefficient (Wildman–Crippen LogP) is -1.34. The zero-order chi connectivity index (χ0) is 11.0. The number of hydrogen-bond donors (Lipinski definition) is 3. The van der Waals surface area contributed by atoms with Gasteiger partial charge >= 0.3 is 10.4 Å². The van der Waals surface area contributed by atoms with Gasteiger partial charge in [-0.2, -0.15) is 8.42 Å². The molecule has 1 saturated heterocycles. The molecule has 0 unspecified atom stereocenters. The molecule has 0 atom stereocenters. The Labute approximate surface area is 82.9 Å². The summed E-state index contributed by atoms with van der Waals surface area (Å²) in [5, 5.41) is 8.54. The maximum Gasteiger partial charge on any atom is 0.394 e. The van der Waals surface area contributed by atoms with Crippen LogP contribution in [0.3, 0.4) is 0 Å². The van der Waals surface area contributed by atoms with E-state index in [-0.39, 0.29) is 6.61 Å². The molecule has 1 aliphatic rings. The summed E-state index contributed by atoms with van der Waals surface area (Å²) in [5.41, 5.74) is 0. The highest BCUT2D eigenvalue weighted by Gasteiger charge is 2.07. The van der Waals surface area contributed by atoms with Crippen molar-refractivity contribution in [3.8, 4) is 0 Å². The molecule has 14 heavy (non-hydrogen) atoms. The molecule has 1 rings (SSSR count). The molecular weight excluding hydrogens is 214 g/mol. The molecule has 86 valence electrons. The van der Waals surface area contributed by atoms with E-state index in [4.69, 9.17) is 27.4 Å². The van der Waals surface area contributed by atoms with Gasteiger partial charge in [-0.25, -0.2) is 0 Å². The van der Waals surface area contributed by atoms with Crippen molar-refractivity contribution in [2.75, 3.05) is 39.5 Å². The molecular formula is C6H15NO6S. The van der Waals surface area contributed by atoms with Crippen molar-refractivity contribution < 1.29 is 27.4 Å². The number of β-amino-alcohol motifs (C(OH)–C–C–N with tert-alkyl or cyclic N) is 1. The van der Waals surface area contributed by atoms with Crippen LogP contribution in [0, 0.1) is 0 Å². The second kappa shape index (κ2) is 7.10. The lowest BCUT2D eigenvalue weighted by Crippen LogP contribution is -2.37. The van der Waals surface area contributed by atoms with E-state index >= 15 is 0 Å². The lowest BCUT2D eigenvalue weighted by Gasteiger charge is -2.25. The molecule has 7 nitrogen and oxygen atoms in total. The van der Waals surface area contributed by atoms with Gasteiger partial charge in [-0.15, -0.1) is 0 Å². The summed E-state index contributed by atoms with van der Waals surface area (Å²) in [6.07, 6.45) is 0. The molecule has 1 aliphatic heterocycles. The summed E-state index contributed by atoms with van der Waals surface area (Å²) in [6, 6.07) is 0. The van der Waals surface area contributed by atoms with Crippen molar-refractivity contribution in [1.82, 2.24) is 4.90 Å². The Kier molecular flexibility index (Phi) is 6.97. The third kappa shape index (κ3) is 11.8. The molecule has 1 fully saturated rings. The van der Waals surface area contributed by atoms with E-state index in [1.807, 2.05) is 0 Å². The molecule has 0 aromatic heterocycles. The first-order chi connectivity index (χ1) is 6.43. The average molecular weight is 229 g/mol. The van der Waals surface area contributed by atoms with Gasteiger partial charge in [0, 0.05) is 19.6 Å². The van der Waals surface area contributed by atoms with Crippen LogP contribution >= 0.6 is 0 Å². The fraction of sp³-hybridized carbons (Fsp3) is 1.00. The minimum absolute atomic E-state index is 0.264. The third-order valence-electron chi connectivity index (χ3n) is 1.52. The van der Waals surface area contributed by atoms with E-state index in [2.05, 4.69) is 4.90 Å². The second-order valence-electron chi connectivity index (χ2n) is 2.63. The molecule has 0 radical (unpaired) electrons. The maximum atomic E-state index is 8.74. The molecule has 0 bridgehead atoms. The van der Waals surface area contributed by atoms with Crippen molar-refractivity contribution >= 4 is 10.4 Å². The van der Waals surface area contributed by atoms with Crippen LogP contribution in [0.4, 0.5) is 0 Å². The van der Waals surface area contributed by atoms with Gasteiger partial charge in [0.1, 0.15) is 0 Å². The SMILES string of the molecule is O=S(=O)(O)O.OCCN1CCOCC1. The van der Waals surface area contributed by atoms with Gasteiger partial charge in [-0.05, 0) is 0 Å². The number of hydrogen-bond acceptors (Lipinski definition) is 5. The largest absolute Gasteiger partial charge is 0.395 e. The summed E-state index contributed by atoms with van der Waals surface area (Å²) >= 11 is 0. The third-order valence-corrected chi connectivity index (χ3v) is 1.52. The molecule has 1 heterocycles. The molecule has 0 saturated carbocycles. The minimum atomic E-state index is -4.67. The lowest BCUT2D eigenvalue weighted by atomic mass is 10.4. The van der Waals surface area contributed by atoms with E-state index in [0.717, 1.165) is 32.8 Å². The Hall–Kier alpha value is -0.250. The summed E-state index contributed by atoms with van der Waals surface area (Å²) in [6.45, 7) is 4.64. The Morgan fingerprint density at radius 2 is 1.64 bits per heavy atom. The summed E-state index contributed by atoms with van der Waals surface area (Å²) in [5.74, 6) is 0. The van der Waals surface area contributed by atoms with E-state index < -0.39 is 10.4 Å². The zero-order valence-corrected chi connectivity index (χ0v) is 8.48. The topological polar surface area (TPSA) is 107 Å². The highest BCUT2D eigenvalue weighted by Crippen LogP contribution is 1.94. The normalized spacial score (nSPS) is 18.5. The molecule has 0 aromatic carbocycles. The van der Waals surface area contributed by atoms with Crippen LogP contribution < -0.4 is 0 Å². The minimum Gasteiger partial charge on any atom is -0.395 e. The monoisotopic (exact) mass is 229 g/mol. The van der Waals surface area contributed by atoms with Crippen molar-refractivity contribution in [2.24, 2.45) is 0 Å². The molecule has 0 aromatic rings. The smallest absolute Gasteiger partial charge is 0.394 e. The first-order valence-corrected chi connectivity index (χ1v) is 5.44. The van der Waals surface area contributed by atoms with Crippen LogP contribution in [0.25, 0.3) is 0 Å². The number of aliphatic hydroxyl groups excluding tert-OH is 1. The standard InChI is InChI=1S/C6H13NO2.H2O4S/c8-4-1-7-2-5-9-6-3-7;1-5(2,3)4/h8H,1-6H2;(H2,1,2,3,4). The molecule has 0 aliphatic carbocycles.